The summed E-state index contributed by atoms with van der Waals surface area (Å²) in [4.78, 5) is 12.3. The quantitative estimate of drug-likeness (QED) is 0.856. The Kier molecular flexibility index (Phi) is 5.19. The van der Waals surface area contributed by atoms with Crippen molar-refractivity contribution in [3.05, 3.63) is 65.2 Å². The summed E-state index contributed by atoms with van der Waals surface area (Å²) in [7, 11) is 0. The van der Waals surface area contributed by atoms with Crippen molar-refractivity contribution in [2.45, 2.75) is 45.1 Å². The van der Waals surface area contributed by atoms with E-state index in [1.165, 1.54) is 16.7 Å². The summed E-state index contributed by atoms with van der Waals surface area (Å²) < 4.78 is 5.81. The van der Waals surface area contributed by atoms with E-state index < -0.39 is 0 Å². The number of amides is 1. The van der Waals surface area contributed by atoms with Crippen LogP contribution in [0.2, 0.25) is 0 Å². The van der Waals surface area contributed by atoms with E-state index in [1.54, 1.807) is 0 Å². The predicted molar refractivity (Wildman–Crippen MR) is 96.3 cm³/mol. The van der Waals surface area contributed by atoms with Crippen LogP contribution in [0.25, 0.3) is 0 Å². The predicted octanol–water partition coefficient (Wildman–Crippen LogP) is 4.38. The molecule has 0 bridgehead atoms. The molecule has 0 aromatic heterocycles. The van der Waals surface area contributed by atoms with Crippen molar-refractivity contribution < 1.29 is 9.53 Å². The third-order valence-electron chi connectivity index (χ3n) is 4.89. The number of nitrogens with one attached hydrogen (secondary N) is 1. The molecule has 24 heavy (non-hydrogen) atoms. The molecule has 0 radical (unpaired) electrons. The Bertz CT molecular complexity index is 710. The van der Waals surface area contributed by atoms with Crippen LogP contribution in [-0.4, -0.2) is 12.5 Å². The number of aryl methyl sites for hydroxylation is 1. The number of ether oxygens (including phenoxy) is 1. The van der Waals surface area contributed by atoms with E-state index in [2.05, 4.69) is 43.4 Å². The smallest absolute Gasteiger partial charge is 0.258 e. The van der Waals surface area contributed by atoms with Crippen molar-refractivity contribution >= 4 is 5.91 Å². The van der Waals surface area contributed by atoms with Gasteiger partial charge in [-0.3, -0.25) is 4.79 Å². The molecule has 1 aliphatic rings. The van der Waals surface area contributed by atoms with Gasteiger partial charge in [-0.05, 0) is 47.9 Å². The molecule has 0 saturated carbocycles. The third kappa shape index (κ3) is 3.61. The molecule has 0 spiro atoms. The topological polar surface area (TPSA) is 38.3 Å². The van der Waals surface area contributed by atoms with Crippen LogP contribution in [0.3, 0.4) is 0 Å². The highest BCUT2D eigenvalue weighted by molar-refractivity contribution is 5.78. The second-order valence-corrected chi connectivity index (χ2v) is 6.49. The summed E-state index contributed by atoms with van der Waals surface area (Å²) in [6.07, 6.45) is 3.04. The van der Waals surface area contributed by atoms with Gasteiger partial charge in [0.25, 0.3) is 5.91 Å². The molecule has 3 rings (SSSR count). The summed E-state index contributed by atoms with van der Waals surface area (Å²) >= 11 is 0. The largest absolute Gasteiger partial charge is 0.483 e. The van der Waals surface area contributed by atoms with Crippen LogP contribution >= 0.6 is 0 Å². The Morgan fingerprint density at radius 1 is 1.21 bits per heavy atom. The fraction of sp³-hybridized carbons (Fsp3) is 0.381. The highest BCUT2D eigenvalue weighted by atomic mass is 16.5. The number of carbonyl (C=O) groups is 1. The van der Waals surface area contributed by atoms with E-state index in [9.17, 15) is 4.79 Å². The Balaban J connectivity index is 1.59. The number of hydrogen-bond donors (Lipinski definition) is 1. The minimum Gasteiger partial charge on any atom is -0.483 e. The first kappa shape index (κ1) is 16.6. The van der Waals surface area contributed by atoms with Gasteiger partial charge >= 0.3 is 0 Å². The van der Waals surface area contributed by atoms with Crippen LogP contribution in [0.15, 0.2) is 48.5 Å². The molecule has 126 valence electrons. The lowest BCUT2D eigenvalue weighted by Gasteiger charge is -2.17. The maximum Gasteiger partial charge on any atom is 0.258 e. The minimum absolute atomic E-state index is 0.0596. The summed E-state index contributed by atoms with van der Waals surface area (Å²) in [6.45, 7) is 4.40. The maximum atomic E-state index is 12.3. The average Bonchev–Trinajstić information content (AvgIpc) is 3.02. The van der Waals surface area contributed by atoms with E-state index in [-0.39, 0.29) is 18.6 Å². The van der Waals surface area contributed by atoms with Crippen molar-refractivity contribution in [3.8, 4) is 5.75 Å². The van der Waals surface area contributed by atoms with Gasteiger partial charge < -0.3 is 10.1 Å². The second kappa shape index (κ2) is 7.52. The molecule has 3 heteroatoms. The average molecular weight is 323 g/mol. The molecular formula is C21H25NO2. The van der Waals surface area contributed by atoms with E-state index in [0.29, 0.717) is 5.92 Å². The lowest BCUT2D eigenvalue weighted by atomic mass is 9.98. The van der Waals surface area contributed by atoms with Gasteiger partial charge in [0.05, 0.1) is 6.04 Å². The molecule has 2 atom stereocenters. The fourth-order valence-corrected chi connectivity index (χ4v) is 3.33. The SMILES string of the molecule is CC[C@H](C)c1ccccc1OCC(=O)N[C@@H]1CCc2ccccc21. The fourth-order valence-electron chi connectivity index (χ4n) is 3.33. The first-order chi connectivity index (χ1) is 11.7. The maximum absolute atomic E-state index is 12.3. The van der Waals surface area contributed by atoms with Gasteiger partial charge in [0, 0.05) is 0 Å². The van der Waals surface area contributed by atoms with Crippen LogP contribution < -0.4 is 10.1 Å². The zero-order chi connectivity index (χ0) is 16.9. The lowest BCUT2D eigenvalue weighted by Crippen LogP contribution is -2.31. The van der Waals surface area contributed by atoms with Crippen molar-refractivity contribution in [2.24, 2.45) is 0 Å². The monoisotopic (exact) mass is 323 g/mol. The molecule has 3 nitrogen and oxygen atoms in total. The Hall–Kier alpha value is -2.29. The molecule has 0 fully saturated rings. The van der Waals surface area contributed by atoms with Crippen LogP contribution in [-0.2, 0) is 11.2 Å². The van der Waals surface area contributed by atoms with Gasteiger partial charge in [0.15, 0.2) is 6.61 Å². The van der Waals surface area contributed by atoms with Crippen LogP contribution in [0.1, 0.15) is 55.3 Å². The van der Waals surface area contributed by atoms with Gasteiger partial charge in [-0.1, -0.05) is 56.3 Å². The summed E-state index contributed by atoms with van der Waals surface area (Å²) in [6, 6.07) is 16.4. The zero-order valence-electron chi connectivity index (χ0n) is 14.4. The molecule has 1 amide bonds. The second-order valence-electron chi connectivity index (χ2n) is 6.49. The third-order valence-corrected chi connectivity index (χ3v) is 4.89. The van der Waals surface area contributed by atoms with Gasteiger partial charge in [0.2, 0.25) is 0 Å². The molecule has 0 heterocycles. The van der Waals surface area contributed by atoms with E-state index in [4.69, 9.17) is 4.74 Å². The van der Waals surface area contributed by atoms with E-state index in [1.807, 2.05) is 24.3 Å². The van der Waals surface area contributed by atoms with Crippen molar-refractivity contribution in [1.29, 1.82) is 0 Å². The zero-order valence-corrected chi connectivity index (χ0v) is 14.4. The molecule has 2 aromatic carbocycles. The standard InChI is InChI=1S/C21H25NO2/c1-3-15(2)17-9-6-7-11-20(17)24-14-21(23)22-19-13-12-16-8-4-5-10-18(16)19/h4-11,15,19H,3,12-14H2,1-2H3,(H,22,23)/t15-,19+/m0/s1. The van der Waals surface area contributed by atoms with Crippen LogP contribution in [0.4, 0.5) is 0 Å². The number of rotatable bonds is 6. The first-order valence-corrected chi connectivity index (χ1v) is 8.78. The minimum atomic E-state index is -0.0596. The molecule has 1 N–H and O–H groups in total. The Labute approximate surface area is 144 Å². The summed E-state index contributed by atoms with van der Waals surface area (Å²) in [5, 5.41) is 3.10. The van der Waals surface area contributed by atoms with Gasteiger partial charge in [-0.2, -0.15) is 0 Å². The molecular weight excluding hydrogens is 298 g/mol. The molecule has 0 unspecified atom stereocenters. The molecule has 1 aliphatic carbocycles. The van der Waals surface area contributed by atoms with Crippen LogP contribution in [0.5, 0.6) is 5.75 Å². The van der Waals surface area contributed by atoms with Crippen molar-refractivity contribution in [2.75, 3.05) is 6.61 Å². The number of para-hydroxylation sites is 1. The van der Waals surface area contributed by atoms with E-state index >= 15 is 0 Å². The Morgan fingerprint density at radius 2 is 1.96 bits per heavy atom. The molecule has 2 aromatic rings. The number of hydrogen-bond acceptors (Lipinski definition) is 2. The normalized spacial score (nSPS) is 17.2. The highest BCUT2D eigenvalue weighted by Gasteiger charge is 2.23. The molecule has 0 saturated heterocycles. The molecule has 0 aliphatic heterocycles. The van der Waals surface area contributed by atoms with Gasteiger partial charge in [0.1, 0.15) is 5.75 Å². The number of fused-ring (bicyclic) bond motifs is 1. The van der Waals surface area contributed by atoms with Gasteiger partial charge in [-0.25, -0.2) is 0 Å². The van der Waals surface area contributed by atoms with Crippen LogP contribution in [0, 0.1) is 0 Å². The lowest BCUT2D eigenvalue weighted by molar-refractivity contribution is -0.123. The number of carbonyl (C=O) groups excluding carboxylic acids is 1. The summed E-state index contributed by atoms with van der Waals surface area (Å²) in [5.41, 5.74) is 3.75. The summed E-state index contributed by atoms with van der Waals surface area (Å²) in [5.74, 6) is 1.18. The first-order valence-electron chi connectivity index (χ1n) is 8.78. The van der Waals surface area contributed by atoms with Crippen molar-refractivity contribution in [3.63, 3.8) is 0 Å². The highest BCUT2D eigenvalue weighted by Crippen LogP contribution is 2.31. The Morgan fingerprint density at radius 3 is 2.79 bits per heavy atom. The van der Waals surface area contributed by atoms with Crippen molar-refractivity contribution in [1.82, 2.24) is 5.32 Å². The van der Waals surface area contributed by atoms with Gasteiger partial charge in [-0.15, -0.1) is 0 Å². The van der Waals surface area contributed by atoms with E-state index in [0.717, 1.165) is 25.0 Å². The number of benzene rings is 2.